The molecule has 14 heteroatoms. The molecule has 266 valence electrons. The van der Waals surface area contributed by atoms with Crippen molar-refractivity contribution < 1.29 is 23.6 Å². The first kappa shape index (κ1) is 36.0. The van der Waals surface area contributed by atoms with Gasteiger partial charge < -0.3 is 15.5 Å². The number of Topliss-reactive ketones (excluding diaryl/α,β-unsaturated/α-hetero) is 1. The maximum atomic E-state index is 14.5. The van der Waals surface area contributed by atoms with E-state index in [1.165, 1.54) is 23.7 Å². The Kier molecular flexibility index (Phi) is 10.2. The van der Waals surface area contributed by atoms with Crippen molar-refractivity contribution in [1.29, 1.82) is 0 Å². The molecule has 4 heterocycles. The summed E-state index contributed by atoms with van der Waals surface area (Å²) in [5.41, 5.74) is 2.68. The maximum absolute atomic E-state index is 14.5. The van der Waals surface area contributed by atoms with Gasteiger partial charge >= 0.3 is 0 Å². The molecule has 1 saturated carbocycles. The van der Waals surface area contributed by atoms with E-state index in [-0.39, 0.29) is 52.2 Å². The lowest BCUT2D eigenvalue weighted by Gasteiger charge is -2.28. The van der Waals surface area contributed by atoms with Crippen molar-refractivity contribution in [3.05, 3.63) is 76.8 Å². The molecule has 0 bridgehead atoms. The summed E-state index contributed by atoms with van der Waals surface area (Å²) in [7, 11) is 0. The van der Waals surface area contributed by atoms with Crippen LogP contribution in [0.25, 0.3) is 22.0 Å². The van der Waals surface area contributed by atoms with E-state index in [2.05, 4.69) is 53.2 Å². The molecule has 12 nitrogen and oxygen atoms in total. The summed E-state index contributed by atoms with van der Waals surface area (Å²) in [6.07, 6.45) is 7.99. The maximum Gasteiger partial charge on any atom is 0.248 e. The molecule has 3 amide bonds. The highest BCUT2D eigenvalue weighted by Gasteiger charge is 2.72. The standard InChI is InChI=1S/C37H40BrFN8O4/c1-6-8-10-30(49)42-19-37-15-28(36(51)44-29-12-11-27(39)35(38)43-29)47(34(37)20(37)3)31(50)18-46-33-23(9-7-2)13-24(25-16-40-22(5)41-17-25)14-26(33)32(45-46)21(4)48/h7,11-14,16-17,20,28,34H,2,6,8-10,15,18-19H2,1,3-5H3,(H,42,49)(H,43,44,51)/t20-,28-,34?,37+/m0/s1. The van der Waals surface area contributed by atoms with Crippen molar-refractivity contribution in [3.8, 4) is 11.1 Å². The minimum atomic E-state index is -0.897. The van der Waals surface area contributed by atoms with Gasteiger partial charge in [0, 0.05) is 54.7 Å². The van der Waals surface area contributed by atoms with Gasteiger partial charge in [0.05, 0.1) is 5.52 Å². The van der Waals surface area contributed by atoms with Crippen molar-refractivity contribution in [1.82, 2.24) is 34.9 Å². The molecule has 6 rings (SSSR count). The minimum absolute atomic E-state index is 0.00725. The number of rotatable bonds is 13. The highest BCUT2D eigenvalue weighted by atomic mass is 79.9. The number of amides is 3. The number of benzene rings is 1. The quantitative estimate of drug-likeness (QED) is 0.102. The molecule has 0 spiro atoms. The van der Waals surface area contributed by atoms with Crippen LogP contribution in [0.3, 0.4) is 0 Å². The Morgan fingerprint density at radius 1 is 1.16 bits per heavy atom. The van der Waals surface area contributed by atoms with Crippen molar-refractivity contribution in [2.24, 2.45) is 11.3 Å². The van der Waals surface area contributed by atoms with Crippen molar-refractivity contribution in [3.63, 3.8) is 0 Å². The fourth-order valence-corrected chi connectivity index (χ4v) is 7.75. The van der Waals surface area contributed by atoms with Crippen LogP contribution in [0, 0.1) is 24.1 Å². The molecule has 1 aliphatic carbocycles. The fourth-order valence-electron chi connectivity index (χ4n) is 7.43. The number of unbranched alkanes of at least 4 members (excludes halogenated alkanes) is 1. The van der Waals surface area contributed by atoms with Crippen LogP contribution in [0.1, 0.15) is 68.3 Å². The third kappa shape index (κ3) is 6.93. The van der Waals surface area contributed by atoms with Gasteiger partial charge in [-0.3, -0.25) is 23.9 Å². The number of aryl methyl sites for hydroxylation is 1. The Bertz CT molecular complexity index is 2050. The number of nitrogens with one attached hydrogen (secondary N) is 2. The van der Waals surface area contributed by atoms with Crippen molar-refractivity contribution >= 4 is 56.2 Å². The number of piperidine rings is 1. The van der Waals surface area contributed by atoms with Crippen LogP contribution in [0.2, 0.25) is 0 Å². The number of carbonyl (C=O) groups is 4. The Morgan fingerprint density at radius 3 is 2.57 bits per heavy atom. The molecule has 1 unspecified atom stereocenters. The van der Waals surface area contributed by atoms with Gasteiger partial charge in [-0.2, -0.15) is 5.10 Å². The summed E-state index contributed by atoms with van der Waals surface area (Å²) in [5.74, 6) is -0.985. The van der Waals surface area contributed by atoms with Crippen LogP contribution < -0.4 is 10.6 Å². The minimum Gasteiger partial charge on any atom is -0.355 e. The van der Waals surface area contributed by atoms with Crippen LogP contribution in [-0.2, 0) is 27.3 Å². The summed E-state index contributed by atoms with van der Waals surface area (Å²) in [5, 5.41) is 11.0. The lowest BCUT2D eigenvalue weighted by atomic mass is 9.95. The van der Waals surface area contributed by atoms with Crippen molar-refractivity contribution in [2.75, 3.05) is 11.9 Å². The number of fused-ring (bicyclic) bond motifs is 2. The third-order valence-electron chi connectivity index (χ3n) is 10.1. The summed E-state index contributed by atoms with van der Waals surface area (Å²) < 4.78 is 15.4. The number of nitrogens with zero attached hydrogens (tertiary/aromatic N) is 6. The molecule has 4 aromatic rings. The molecule has 3 aromatic heterocycles. The Morgan fingerprint density at radius 2 is 1.90 bits per heavy atom. The summed E-state index contributed by atoms with van der Waals surface area (Å²) >= 11 is 3.06. The van der Waals surface area contributed by atoms with Crippen LogP contribution in [-0.4, -0.2) is 71.8 Å². The zero-order valence-corrected chi connectivity index (χ0v) is 30.6. The molecule has 2 aliphatic rings. The number of aromatic nitrogens is 5. The van der Waals surface area contributed by atoms with Gasteiger partial charge in [0.2, 0.25) is 17.7 Å². The van der Waals surface area contributed by atoms with Crippen molar-refractivity contribution in [2.45, 2.75) is 78.4 Å². The zero-order valence-electron chi connectivity index (χ0n) is 29.0. The van der Waals surface area contributed by atoms with E-state index in [4.69, 9.17) is 0 Å². The lowest BCUT2D eigenvalue weighted by molar-refractivity contribution is -0.139. The summed E-state index contributed by atoms with van der Waals surface area (Å²) in [6, 6.07) is 5.13. The zero-order chi connectivity index (χ0) is 36.6. The first-order valence-corrected chi connectivity index (χ1v) is 17.8. The van der Waals surface area contributed by atoms with Gasteiger partial charge in [0.1, 0.15) is 34.5 Å². The molecule has 4 atom stereocenters. The topological polar surface area (TPSA) is 152 Å². The molecular weight excluding hydrogens is 719 g/mol. The number of hydrogen-bond acceptors (Lipinski definition) is 8. The van der Waals surface area contributed by atoms with Gasteiger partial charge in [-0.25, -0.2) is 19.3 Å². The number of halogens is 2. The third-order valence-corrected chi connectivity index (χ3v) is 10.7. The smallest absolute Gasteiger partial charge is 0.248 e. The first-order chi connectivity index (χ1) is 24.4. The SMILES string of the molecule is C=CCc1cc(-c2cnc(C)nc2)cc2c(C(C)=O)nn(CC(=O)N3C4[C@H](C)[C@]4(CNC(=O)CCCC)C[C@H]3C(=O)Nc3ccc(F)c(Br)n3)c12. The summed E-state index contributed by atoms with van der Waals surface area (Å²) in [6.45, 7) is 11.3. The van der Waals surface area contributed by atoms with Gasteiger partial charge in [-0.05, 0) is 83.4 Å². The lowest BCUT2D eigenvalue weighted by Crippen LogP contribution is -2.47. The number of hydrogen-bond donors (Lipinski definition) is 2. The van der Waals surface area contributed by atoms with Gasteiger partial charge in [0.15, 0.2) is 11.6 Å². The molecule has 1 aromatic carbocycles. The second-order valence-electron chi connectivity index (χ2n) is 13.4. The normalized spacial score (nSPS) is 20.6. The Hall–Kier alpha value is -4.85. The molecular formula is C37H40BrFN8O4. The van der Waals surface area contributed by atoms with E-state index >= 15 is 0 Å². The average Bonchev–Trinajstić information content (AvgIpc) is 3.36. The van der Waals surface area contributed by atoms with Gasteiger partial charge in [-0.1, -0.05) is 26.3 Å². The van der Waals surface area contributed by atoms with E-state index in [0.29, 0.717) is 42.5 Å². The molecule has 1 aliphatic heterocycles. The molecule has 2 fully saturated rings. The van der Waals surface area contributed by atoms with E-state index in [9.17, 15) is 23.6 Å². The second-order valence-corrected chi connectivity index (χ2v) is 14.2. The van der Waals surface area contributed by atoms with E-state index in [1.807, 2.05) is 26.0 Å². The number of pyridine rings is 1. The van der Waals surface area contributed by atoms with Crippen LogP contribution in [0.5, 0.6) is 0 Å². The summed E-state index contributed by atoms with van der Waals surface area (Å²) in [4.78, 5) is 68.3. The largest absolute Gasteiger partial charge is 0.355 e. The molecule has 0 radical (unpaired) electrons. The van der Waals surface area contributed by atoms with E-state index < -0.39 is 23.2 Å². The number of likely N-dealkylation sites (tertiary alicyclic amines) is 1. The monoisotopic (exact) mass is 758 g/mol. The van der Waals surface area contributed by atoms with E-state index in [0.717, 1.165) is 29.5 Å². The Balaban J connectivity index is 1.36. The van der Waals surface area contributed by atoms with Crippen LogP contribution in [0.15, 0.2) is 53.9 Å². The van der Waals surface area contributed by atoms with E-state index in [1.54, 1.807) is 30.3 Å². The Labute approximate surface area is 303 Å². The number of carbonyl (C=O) groups excluding carboxylic acids is 4. The number of ketones is 1. The number of anilines is 1. The predicted octanol–water partition coefficient (Wildman–Crippen LogP) is 5.58. The van der Waals surface area contributed by atoms with Gasteiger partial charge in [0.25, 0.3) is 0 Å². The highest BCUT2D eigenvalue weighted by Crippen LogP contribution is 2.64. The highest BCUT2D eigenvalue weighted by molar-refractivity contribution is 9.10. The molecule has 2 N–H and O–H groups in total. The van der Waals surface area contributed by atoms with Crippen LogP contribution >= 0.6 is 15.9 Å². The predicted molar refractivity (Wildman–Crippen MR) is 193 cm³/mol. The second kappa shape index (κ2) is 14.4. The first-order valence-electron chi connectivity index (χ1n) is 17.0. The number of allylic oxidation sites excluding steroid dienone is 1. The van der Waals surface area contributed by atoms with Gasteiger partial charge in [-0.15, -0.1) is 6.58 Å². The van der Waals surface area contributed by atoms with Crippen LogP contribution in [0.4, 0.5) is 10.2 Å². The average molecular weight is 760 g/mol. The molecule has 51 heavy (non-hydrogen) atoms. The molecule has 1 saturated heterocycles. The fraction of sp³-hybridized carbons (Fsp3) is 0.405.